The number of amides is 1. The van der Waals surface area contributed by atoms with Gasteiger partial charge in [-0.05, 0) is 24.6 Å². The normalized spacial score (nSPS) is 10.7. The molecular weight excluding hydrogens is 270 g/mol. The van der Waals surface area contributed by atoms with Crippen molar-refractivity contribution in [3.05, 3.63) is 29.3 Å². The van der Waals surface area contributed by atoms with E-state index in [4.69, 9.17) is 5.11 Å². The van der Waals surface area contributed by atoms with Gasteiger partial charge in [0.25, 0.3) is 0 Å². The smallest absolute Gasteiger partial charge is 0.234 e. The molecule has 20 heavy (non-hydrogen) atoms. The predicted molar refractivity (Wildman–Crippen MR) is 86.0 cm³/mol. The molecule has 0 fully saturated rings. The fourth-order valence-corrected chi connectivity index (χ4v) is 2.11. The lowest BCUT2D eigenvalue weighted by molar-refractivity contribution is -0.113. The van der Waals surface area contributed by atoms with E-state index in [0.29, 0.717) is 11.4 Å². The second-order valence-electron chi connectivity index (χ2n) is 5.46. The first kappa shape index (κ1) is 16.6. The lowest BCUT2D eigenvalue weighted by Crippen LogP contribution is -2.19. The molecule has 1 amide bonds. The lowest BCUT2D eigenvalue weighted by Gasteiger charge is -2.17. The van der Waals surface area contributed by atoms with Gasteiger partial charge in [-0.1, -0.05) is 38.7 Å². The Morgan fingerprint density at radius 1 is 1.40 bits per heavy atom. The summed E-state index contributed by atoms with van der Waals surface area (Å²) in [5, 5.41) is 11.7. The third-order valence-electron chi connectivity index (χ3n) is 2.39. The summed E-state index contributed by atoms with van der Waals surface area (Å²) in [6.07, 6.45) is 0. The average Bonchev–Trinajstić information content (AvgIpc) is 2.35. The van der Waals surface area contributed by atoms with Gasteiger partial charge in [0.1, 0.15) is 6.61 Å². The summed E-state index contributed by atoms with van der Waals surface area (Å²) in [6, 6.07) is 5.67. The third kappa shape index (κ3) is 6.14. The Bertz CT molecular complexity index is 536. The van der Waals surface area contributed by atoms with Crippen LogP contribution in [-0.4, -0.2) is 28.1 Å². The zero-order valence-corrected chi connectivity index (χ0v) is 13.2. The summed E-state index contributed by atoms with van der Waals surface area (Å²) in [5.74, 6) is 5.82. The van der Waals surface area contributed by atoms with E-state index in [1.54, 1.807) is 11.8 Å². The molecule has 0 saturated heterocycles. The first-order valence-electron chi connectivity index (χ1n) is 6.46. The highest BCUT2D eigenvalue weighted by molar-refractivity contribution is 8.01. The third-order valence-corrected chi connectivity index (χ3v) is 3.66. The molecule has 0 aromatic heterocycles. The molecule has 2 N–H and O–H groups in total. The number of benzene rings is 1. The number of hydrogen-bond acceptors (Lipinski definition) is 3. The summed E-state index contributed by atoms with van der Waals surface area (Å²) in [6.45, 7) is 8.01. The van der Waals surface area contributed by atoms with Crippen molar-refractivity contribution in [2.75, 3.05) is 17.7 Å². The lowest BCUT2D eigenvalue weighted by atomic mass is 10.1. The molecule has 1 aromatic carbocycles. The Balaban J connectivity index is 2.80. The number of rotatable bonds is 3. The van der Waals surface area contributed by atoms with Crippen LogP contribution in [0, 0.1) is 18.8 Å². The van der Waals surface area contributed by atoms with Gasteiger partial charge in [0.05, 0.1) is 11.4 Å². The molecule has 108 valence electrons. The van der Waals surface area contributed by atoms with Crippen molar-refractivity contribution in [2.45, 2.75) is 32.4 Å². The molecule has 0 aliphatic carbocycles. The number of aryl methyl sites for hydroxylation is 1. The van der Waals surface area contributed by atoms with E-state index in [1.807, 2.05) is 25.1 Å². The molecule has 4 heteroatoms. The highest BCUT2D eigenvalue weighted by atomic mass is 32.2. The quantitative estimate of drug-likeness (QED) is 0.842. The maximum Gasteiger partial charge on any atom is 0.234 e. The van der Waals surface area contributed by atoms with Crippen LogP contribution in [-0.2, 0) is 4.79 Å². The van der Waals surface area contributed by atoms with Crippen LogP contribution in [0.5, 0.6) is 0 Å². The molecule has 1 aromatic rings. The highest BCUT2D eigenvalue weighted by Crippen LogP contribution is 2.23. The van der Waals surface area contributed by atoms with Crippen molar-refractivity contribution in [3.8, 4) is 11.8 Å². The van der Waals surface area contributed by atoms with E-state index in [-0.39, 0.29) is 17.3 Å². The van der Waals surface area contributed by atoms with Crippen molar-refractivity contribution in [2.24, 2.45) is 0 Å². The van der Waals surface area contributed by atoms with Gasteiger partial charge in [-0.3, -0.25) is 4.79 Å². The largest absolute Gasteiger partial charge is 0.384 e. The number of aliphatic hydroxyl groups excluding tert-OH is 1. The summed E-state index contributed by atoms with van der Waals surface area (Å²) in [4.78, 5) is 12.0. The summed E-state index contributed by atoms with van der Waals surface area (Å²) in [5.41, 5.74) is 2.47. The molecular formula is C16H21NO2S. The molecule has 0 unspecified atom stereocenters. The Hall–Kier alpha value is -1.44. The van der Waals surface area contributed by atoms with Gasteiger partial charge < -0.3 is 10.4 Å². The van der Waals surface area contributed by atoms with Gasteiger partial charge >= 0.3 is 0 Å². The average molecular weight is 291 g/mol. The second kappa shape index (κ2) is 7.37. The van der Waals surface area contributed by atoms with E-state index >= 15 is 0 Å². The molecule has 0 heterocycles. The zero-order valence-electron chi connectivity index (χ0n) is 12.4. The van der Waals surface area contributed by atoms with Gasteiger partial charge in [0.15, 0.2) is 0 Å². The van der Waals surface area contributed by atoms with E-state index < -0.39 is 0 Å². The monoisotopic (exact) mass is 291 g/mol. The van der Waals surface area contributed by atoms with Crippen LogP contribution < -0.4 is 5.32 Å². The standard InChI is InChI=1S/C16H21NO2S/c1-12-7-8-13(6-5-9-18)14(10-12)17-15(19)11-20-16(2,3)4/h7-8,10,18H,9,11H2,1-4H3,(H,17,19). The van der Waals surface area contributed by atoms with Crippen LogP contribution >= 0.6 is 11.8 Å². The van der Waals surface area contributed by atoms with Crippen LogP contribution in [0.15, 0.2) is 18.2 Å². The van der Waals surface area contributed by atoms with Gasteiger partial charge in [-0.15, -0.1) is 11.8 Å². The number of aliphatic hydroxyl groups is 1. The Labute approximate surface area is 125 Å². The van der Waals surface area contributed by atoms with Crippen molar-refractivity contribution in [1.82, 2.24) is 0 Å². The van der Waals surface area contributed by atoms with E-state index in [1.165, 1.54) is 0 Å². The van der Waals surface area contributed by atoms with E-state index in [2.05, 4.69) is 37.9 Å². The fourth-order valence-electron chi connectivity index (χ4n) is 1.47. The minimum absolute atomic E-state index is 0.0393. The number of carbonyl (C=O) groups excluding carboxylic acids is 1. The van der Waals surface area contributed by atoms with Gasteiger partial charge in [-0.25, -0.2) is 0 Å². The van der Waals surface area contributed by atoms with Crippen molar-refractivity contribution >= 4 is 23.4 Å². The summed E-state index contributed by atoms with van der Waals surface area (Å²) >= 11 is 1.60. The number of anilines is 1. The summed E-state index contributed by atoms with van der Waals surface area (Å²) < 4.78 is 0.0590. The molecule has 1 rings (SSSR count). The fraction of sp³-hybridized carbons (Fsp3) is 0.438. The molecule has 0 atom stereocenters. The molecule has 0 spiro atoms. The summed E-state index contributed by atoms with van der Waals surface area (Å²) in [7, 11) is 0. The first-order valence-corrected chi connectivity index (χ1v) is 7.44. The van der Waals surface area contributed by atoms with E-state index in [0.717, 1.165) is 11.1 Å². The molecule has 0 bridgehead atoms. The number of carbonyl (C=O) groups is 1. The second-order valence-corrected chi connectivity index (χ2v) is 7.26. The Morgan fingerprint density at radius 3 is 2.70 bits per heavy atom. The minimum Gasteiger partial charge on any atom is -0.384 e. The molecule has 0 aliphatic heterocycles. The first-order chi connectivity index (χ1) is 9.31. The zero-order chi connectivity index (χ0) is 15.2. The van der Waals surface area contributed by atoms with Gasteiger partial charge in [0.2, 0.25) is 5.91 Å². The van der Waals surface area contributed by atoms with Crippen molar-refractivity contribution < 1.29 is 9.90 Å². The van der Waals surface area contributed by atoms with Crippen LogP contribution in [0.2, 0.25) is 0 Å². The number of nitrogens with one attached hydrogen (secondary N) is 1. The maximum absolute atomic E-state index is 12.0. The molecule has 0 saturated carbocycles. The Kier molecular flexibility index (Phi) is 6.12. The topological polar surface area (TPSA) is 49.3 Å². The van der Waals surface area contributed by atoms with Crippen LogP contribution in [0.4, 0.5) is 5.69 Å². The van der Waals surface area contributed by atoms with Crippen molar-refractivity contribution in [1.29, 1.82) is 0 Å². The van der Waals surface area contributed by atoms with Gasteiger partial charge in [0, 0.05) is 10.3 Å². The van der Waals surface area contributed by atoms with Crippen LogP contribution in [0.3, 0.4) is 0 Å². The maximum atomic E-state index is 12.0. The molecule has 3 nitrogen and oxygen atoms in total. The Morgan fingerprint density at radius 2 is 2.10 bits per heavy atom. The van der Waals surface area contributed by atoms with E-state index in [9.17, 15) is 4.79 Å². The molecule has 0 aliphatic rings. The van der Waals surface area contributed by atoms with Crippen molar-refractivity contribution in [3.63, 3.8) is 0 Å². The van der Waals surface area contributed by atoms with Crippen LogP contribution in [0.25, 0.3) is 0 Å². The number of thioether (sulfide) groups is 1. The highest BCUT2D eigenvalue weighted by Gasteiger charge is 2.14. The SMILES string of the molecule is Cc1ccc(C#CCO)c(NC(=O)CSC(C)(C)C)c1. The minimum atomic E-state index is -0.193. The number of hydrogen-bond donors (Lipinski definition) is 2. The molecule has 0 radical (unpaired) electrons. The predicted octanol–water partition coefficient (Wildman–Crippen LogP) is 2.81. The van der Waals surface area contributed by atoms with Crippen LogP contribution in [0.1, 0.15) is 31.9 Å². The van der Waals surface area contributed by atoms with Gasteiger partial charge in [-0.2, -0.15) is 0 Å².